The molecule has 2 aromatic rings. The van der Waals surface area contributed by atoms with E-state index in [9.17, 15) is 4.79 Å². The van der Waals surface area contributed by atoms with E-state index >= 15 is 0 Å². The summed E-state index contributed by atoms with van der Waals surface area (Å²) in [6.07, 6.45) is 0.811. The molecule has 0 aromatic heterocycles. The van der Waals surface area contributed by atoms with Gasteiger partial charge in [0.1, 0.15) is 11.5 Å². The second-order valence-electron chi connectivity index (χ2n) is 4.69. The number of nitrogens with zero attached hydrogens (tertiary/aromatic N) is 1. The largest absolute Gasteiger partial charge is 0.496 e. The molecule has 0 bridgehead atoms. The van der Waals surface area contributed by atoms with Gasteiger partial charge < -0.3 is 9.47 Å². The monoisotopic (exact) mass is 332 g/mol. The molecule has 0 heterocycles. The van der Waals surface area contributed by atoms with E-state index in [1.54, 1.807) is 38.3 Å². The Morgan fingerprint density at radius 1 is 1.26 bits per heavy atom. The van der Waals surface area contributed by atoms with E-state index < -0.39 is 6.10 Å². The topological polar surface area (TPSA) is 59.9 Å². The second-order valence-corrected chi connectivity index (χ2v) is 5.13. The molecule has 1 atom stereocenters. The maximum absolute atomic E-state index is 12.0. The summed E-state index contributed by atoms with van der Waals surface area (Å²) in [6.45, 7) is 1.63. The van der Waals surface area contributed by atoms with E-state index in [0.717, 1.165) is 5.56 Å². The lowest BCUT2D eigenvalue weighted by Gasteiger charge is -2.13. The molecular formula is C17H17ClN2O3. The quantitative estimate of drug-likeness (QED) is 0.652. The minimum Gasteiger partial charge on any atom is -0.496 e. The van der Waals surface area contributed by atoms with E-state index in [4.69, 9.17) is 21.1 Å². The molecule has 0 spiro atoms. The molecule has 5 nitrogen and oxygen atoms in total. The first kappa shape index (κ1) is 16.8. The number of methoxy groups -OCH3 is 1. The maximum Gasteiger partial charge on any atom is 0.280 e. The standard InChI is InChI=1S/C17H17ClN2O3/c1-12(23-15-8-5-7-14(18)10-15)17(21)20-19-11-13-6-3-4-9-16(13)22-2/h3-12H,1-2H3,(H,20,21)/b19-11-/t12-/m1/s1. The average molecular weight is 333 g/mol. The first-order valence-corrected chi connectivity index (χ1v) is 7.36. The molecule has 1 N–H and O–H groups in total. The van der Waals surface area contributed by atoms with Crippen molar-refractivity contribution < 1.29 is 14.3 Å². The van der Waals surface area contributed by atoms with Gasteiger partial charge in [-0.05, 0) is 37.3 Å². The fourth-order valence-electron chi connectivity index (χ4n) is 1.83. The van der Waals surface area contributed by atoms with Crippen LogP contribution in [0.2, 0.25) is 5.02 Å². The van der Waals surface area contributed by atoms with Crippen molar-refractivity contribution in [2.75, 3.05) is 7.11 Å². The van der Waals surface area contributed by atoms with Gasteiger partial charge in [-0.3, -0.25) is 4.79 Å². The molecule has 0 saturated carbocycles. The van der Waals surface area contributed by atoms with Crippen LogP contribution >= 0.6 is 11.6 Å². The Morgan fingerprint density at radius 2 is 2.04 bits per heavy atom. The van der Waals surface area contributed by atoms with Gasteiger partial charge >= 0.3 is 0 Å². The number of carbonyl (C=O) groups excluding carboxylic acids is 1. The number of halogens is 1. The highest BCUT2D eigenvalue weighted by Crippen LogP contribution is 2.18. The normalized spacial score (nSPS) is 12.0. The Balaban J connectivity index is 1.92. The third-order valence-corrected chi connectivity index (χ3v) is 3.23. The summed E-state index contributed by atoms with van der Waals surface area (Å²) in [5.41, 5.74) is 3.20. The molecule has 23 heavy (non-hydrogen) atoms. The fraction of sp³-hybridized carbons (Fsp3) is 0.176. The van der Waals surface area contributed by atoms with Crippen LogP contribution in [0.1, 0.15) is 12.5 Å². The predicted octanol–water partition coefficient (Wildman–Crippen LogP) is 3.27. The van der Waals surface area contributed by atoms with Gasteiger partial charge in [0, 0.05) is 10.6 Å². The zero-order valence-corrected chi connectivity index (χ0v) is 13.6. The van der Waals surface area contributed by atoms with Crippen LogP contribution in [-0.4, -0.2) is 25.3 Å². The third kappa shape index (κ3) is 5.00. The summed E-state index contributed by atoms with van der Waals surface area (Å²) < 4.78 is 10.7. The Bertz CT molecular complexity index is 704. The van der Waals surface area contributed by atoms with Crippen molar-refractivity contribution in [3.8, 4) is 11.5 Å². The highest BCUT2D eigenvalue weighted by Gasteiger charge is 2.14. The molecule has 0 unspecified atom stereocenters. The Morgan fingerprint density at radius 3 is 2.78 bits per heavy atom. The van der Waals surface area contributed by atoms with Crippen LogP contribution in [0.4, 0.5) is 0 Å². The zero-order valence-electron chi connectivity index (χ0n) is 12.8. The van der Waals surface area contributed by atoms with Crippen LogP contribution in [0.3, 0.4) is 0 Å². The molecule has 0 aliphatic heterocycles. The minimum atomic E-state index is -0.705. The molecular weight excluding hydrogens is 316 g/mol. The Labute approximate surface area is 139 Å². The average Bonchev–Trinajstić information content (AvgIpc) is 2.55. The van der Waals surface area contributed by atoms with Crippen molar-refractivity contribution in [2.45, 2.75) is 13.0 Å². The summed E-state index contributed by atoms with van der Waals surface area (Å²) in [6, 6.07) is 14.2. The van der Waals surface area contributed by atoms with Gasteiger partial charge in [0.15, 0.2) is 6.10 Å². The van der Waals surface area contributed by atoms with Crippen LogP contribution in [0.15, 0.2) is 53.6 Å². The molecule has 0 aliphatic carbocycles. The first-order chi connectivity index (χ1) is 11.1. The highest BCUT2D eigenvalue weighted by atomic mass is 35.5. The van der Waals surface area contributed by atoms with Gasteiger partial charge in [-0.2, -0.15) is 5.10 Å². The second kappa shape index (κ2) is 8.19. The number of amides is 1. The van der Waals surface area contributed by atoms with Crippen molar-refractivity contribution in [1.82, 2.24) is 5.43 Å². The minimum absolute atomic E-state index is 0.365. The van der Waals surface area contributed by atoms with Gasteiger partial charge in [0.2, 0.25) is 0 Å². The molecule has 120 valence electrons. The molecule has 1 amide bonds. The lowest BCUT2D eigenvalue weighted by Crippen LogP contribution is -2.33. The number of rotatable bonds is 6. The van der Waals surface area contributed by atoms with E-state index in [1.807, 2.05) is 24.3 Å². The van der Waals surface area contributed by atoms with Gasteiger partial charge in [-0.15, -0.1) is 0 Å². The SMILES string of the molecule is COc1ccccc1/C=N\NC(=O)[C@@H](C)Oc1cccc(Cl)c1. The smallest absolute Gasteiger partial charge is 0.280 e. The number of nitrogens with one attached hydrogen (secondary N) is 1. The first-order valence-electron chi connectivity index (χ1n) is 6.98. The lowest BCUT2D eigenvalue weighted by molar-refractivity contribution is -0.127. The molecule has 0 saturated heterocycles. The number of carbonyl (C=O) groups is 1. The molecule has 0 aliphatic rings. The predicted molar refractivity (Wildman–Crippen MR) is 90.3 cm³/mol. The number of ether oxygens (including phenoxy) is 2. The van der Waals surface area contributed by atoms with Crippen molar-refractivity contribution >= 4 is 23.7 Å². The summed E-state index contributed by atoms with van der Waals surface area (Å²) in [5.74, 6) is 0.832. The van der Waals surface area contributed by atoms with Crippen LogP contribution < -0.4 is 14.9 Å². The molecule has 2 aromatic carbocycles. The van der Waals surface area contributed by atoms with Crippen LogP contribution in [0.5, 0.6) is 11.5 Å². The molecule has 6 heteroatoms. The summed E-state index contributed by atoms with van der Waals surface area (Å²) >= 11 is 5.87. The zero-order chi connectivity index (χ0) is 16.7. The number of hydrazone groups is 1. The van der Waals surface area contributed by atoms with E-state index in [2.05, 4.69) is 10.5 Å². The van der Waals surface area contributed by atoms with Crippen LogP contribution in [0, 0.1) is 0 Å². The van der Waals surface area contributed by atoms with Crippen LogP contribution in [-0.2, 0) is 4.79 Å². The third-order valence-electron chi connectivity index (χ3n) is 3.00. The number of hydrogen-bond acceptors (Lipinski definition) is 4. The molecule has 2 rings (SSSR count). The molecule has 0 fully saturated rings. The number of para-hydroxylation sites is 1. The summed E-state index contributed by atoms with van der Waals surface area (Å²) in [5, 5.41) is 4.47. The van der Waals surface area contributed by atoms with Gasteiger partial charge in [-0.1, -0.05) is 29.8 Å². The summed E-state index contributed by atoms with van der Waals surface area (Å²) in [7, 11) is 1.58. The lowest BCUT2D eigenvalue weighted by atomic mass is 10.2. The van der Waals surface area contributed by atoms with Crippen molar-refractivity contribution in [3.63, 3.8) is 0 Å². The fourth-order valence-corrected chi connectivity index (χ4v) is 2.01. The highest BCUT2D eigenvalue weighted by molar-refractivity contribution is 6.30. The van der Waals surface area contributed by atoms with Gasteiger partial charge in [0.05, 0.1) is 13.3 Å². The number of hydrogen-bond donors (Lipinski definition) is 1. The van der Waals surface area contributed by atoms with Crippen LogP contribution in [0.25, 0.3) is 0 Å². The van der Waals surface area contributed by atoms with E-state index in [1.165, 1.54) is 6.21 Å². The molecule has 0 radical (unpaired) electrons. The van der Waals surface area contributed by atoms with E-state index in [-0.39, 0.29) is 5.91 Å². The maximum atomic E-state index is 12.0. The number of benzene rings is 2. The van der Waals surface area contributed by atoms with Crippen molar-refractivity contribution in [2.24, 2.45) is 5.10 Å². The van der Waals surface area contributed by atoms with Gasteiger partial charge in [-0.25, -0.2) is 5.43 Å². The van der Waals surface area contributed by atoms with Gasteiger partial charge in [0.25, 0.3) is 5.91 Å². The van der Waals surface area contributed by atoms with Crippen molar-refractivity contribution in [1.29, 1.82) is 0 Å². The Hall–Kier alpha value is -2.53. The Kier molecular flexibility index (Phi) is 6.00. The van der Waals surface area contributed by atoms with E-state index in [0.29, 0.717) is 16.5 Å². The van der Waals surface area contributed by atoms with Crippen molar-refractivity contribution in [3.05, 3.63) is 59.1 Å². The summed E-state index contributed by atoms with van der Waals surface area (Å²) in [4.78, 5) is 12.0.